The summed E-state index contributed by atoms with van der Waals surface area (Å²) in [5, 5.41) is 3.21. The third-order valence-corrected chi connectivity index (χ3v) is 3.63. The Bertz CT molecular complexity index is 491. The number of para-hydroxylation sites is 1. The summed E-state index contributed by atoms with van der Waals surface area (Å²) < 4.78 is 16.1. The molecule has 1 aromatic rings. The van der Waals surface area contributed by atoms with Gasteiger partial charge >= 0.3 is 5.97 Å². The molecular weight excluding hydrogens is 276 g/mol. The van der Waals surface area contributed by atoms with Crippen molar-refractivity contribution in [3.8, 4) is 0 Å². The first-order chi connectivity index (χ1) is 9.45. The average Bonchev–Trinajstić information content (AvgIpc) is 2.39. The molecule has 2 unspecified atom stereocenters. The summed E-state index contributed by atoms with van der Waals surface area (Å²) in [4.78, 5) is 11.9. The van der Waals surface area contributed by atoms with Crippen LogP contribution in [0.4, 0.5) is 11.4 Å². The lowest BCUT2D eigenvalue weighted by molar-refractivity contribution is 0.0527. The average molecular weight is 298 g/mol. The van der Waals surface area contributed by atoms with E-state index in [0.29, 0.717) is 29.3 Å². The van der Waals surface area contributed by atoms with Gasteiger partial charge in [0, 0.05) is 28.9 Å². The lowest BCUT2D eigenvalue weighted by atomic mass is 10.1. The van der Waals surface area contributed by atoms with Crippen LogP contribution in [0.25, 0.3) is 0 Å². The molecule has 3 N–H and O–H groups in total. The molecule has 0 saturated heterocycles. The highest BCUT2D eigenvalue weighted by Gasteiger charge is 2.16. The molecule has 0 fully saturated rings. The number of anilines is 2. The minimum Gasteiger partial charge on any atom is -0.462 e. The van der Waals surface area contributed by atoms with Crippen LogP contribution in [0.3, 0.4) is 0 Å². The number of nitrogens with two attached hydrogens (primary N) is 1. The van der Waals surface area contributed by atoms with Crippen LogP contribution in [0.5, 0.6) is 0 Å². The van der Waals surface area contributed by atoms with Crippen LogP contribution in [0, 0.1) is 0 Å². The molecule has 0 amide bonds. The van der Waals surface area contributed by atoms with Crippen LogP contribution in [-0.2, 0) is 15.5 Å². The molecule has 0 spiro atoms. The van der Waals surface area contributed by atoms with E-state index in [1.807, 2.05) is 6.92 Å². The standard InChI is InChI=1S/C14H22N2O3S/c1-4-19-14(17)11-6-5-7-12(15)13(11)16-10(2)8-9-20(3)18/h5-7,10,16H,4,8-9,15H2,1-3H3. The van der Waals surface area contributed by atoms with E-state index in [0.717, 1.165) is 6.42 Å². The number of hydrogen-bond donors (Lipinski definition) is 2. The Balaban J connectivity index is 2.87. The fourth-order valence-electron chi connectivity index (χ4n) is 1.77. The van der Waals surface area contributed by atoms with Gasteiger partial charge in [-0.15, -0.1) is 0 Å². The zero-order valence-electron chi connectivity index (χ0n) is 12.1. The van der Waals surface area contributed by atoms with Crippen LogP contribution in [0.2, 0.25) is 0 Å². The van der Waals surface area contributed by atoms with Gasteiger partial charge in [-0.25, -0.2) is 4.79 Å². The van der Waals surface area contributed by atoms with Crippen LogP contribution < -0.4 is 11.1 Å². The van der Waals surface area contributed by atoms with E-state index in [-0.39, 0.29) is 6.04 Å². The van der Waals surface area contributed by atoms with Crippen LogP contribution in [0.1, 0.15) is 30.6 Å². The number of rotatable bonds is 7. The number of hydrogen-bond acceptors (Lipinski definition) is 5. The minimum absolute atomic E-state index is 0.0665. The van der Waals surface area contributed by atoms with Crippen molar-refractivity contribution in [1.29, 1.82) is 0 Å². The van der Waals surface area contributed by atoms with Gasteiger partial charge in [0.15, 0.2) is 0 Å². The Labute approximate surface area is 122 Å². The highest BCUT2D eigenvalue weighted by atomic mass is 32.2. The number of nitrogens with one attached hydrogen (secondary N) is 1. The summed E-state index contributed by atoms with van der Waals surface area (Å²) in [6, 6.07) is 5.20. The molecule has 112 valence electrons. The topological polar surface area (TPSA) is 81.4 Å². The van der Waals surface area contributed by atoms with Gasteiger partial charge in [0.2, 0.25) is 0 Å². The van der Waals surface area contributed by atoms with E-state index in [4.69, 9.17) is 10.5 Å². The molecule has 0 aliphatic rings. The second-order valence-corrected chi connectivity index (χ2v) is 6.16. The molecule has 0 aromatic heterocycles. The third kappa shape index (κ3) is 4.85. The van der Waals surface area contributed by atoms with Gasteiger partial charge in [-0.1, -0.05) is 6.07 Å². The largest absolute Gasteiger partial charge is 0.462 e. The first kappa shape index (κ1) is 16.5. The molecule has 0 aliphatic carbocycles. The quantitative estimate of drug-likeness (QED) is 0.594. The number of nitrogen functional groups attached to an aromatic ring is 1. The SMILES string of the molecule is CCOC(=O)c1cccc(N)c1NC(C)CCS(C)=O. The Morgan fingerprint density at radius 3 is 2.80 bits per heavy atom. The minimum atomic E-state index is -0.830. The van der Waals surface area contributed by atoms with Crippen molar-refractivity contribution in [2.45, 2.75) is 26.3 Å². The second-order valence-electron chi connectivity index (χ2n) is 4.60. The van der Waals surface area contributed by atoms with Crippen molar-refractivity contribution in [2.75, 3.05) is 29.7 Å². The smallest absolute Gasteiger partial charge is 0.340 e. The van der Waals surface area contributed by atoms with Crippen molar-refractivity contribution in [3.63, 3.8) is 0 Å². The first-order valence-electron chi connectivity index (χ1n) is 6.57. The normalized spacial score (nSPS) is 13.6. The lowest BCUT2D eigenvalue weighted by Crippen LogP contribution is -2.21. The molecule has 5 nitrogen and oxygen atoms in total. The summed E-state index contributed by atoms with van der Waals surface area (Å²) in [6.07, 6.45) is 2.41. The van der Waals surface area contributed by atoms with E-state index >= 15 is 0 Å². The fourth-order valence-corrected chi connectivity index (χ4v) is 2.46. The van der Waals surface area contributed by atoms with Gasteiger partial charge in [0.25, 0.3) is 0 Å². The van der Waals surface area contributed by atoms with Crippen molar-refractivity contribution >= 4 is 28.1 Å². The maximum atomic E-state index is 11.9. The number of ether oxygens (including phenoxy) is 1. The molecule has 2 atom stereocenters. The molecule has 0 heterocycles. The first-order valence-corrected chi connectivity index (χ1v) is 8.30. The van der Waals surface area contributed by atoms with Crippen molar-refractivity contribution in [3.05, 3.63) is 23.8 Å². The zero-order valence-corrected chi connectivity index (χ0v) is 13.0. The molecule has 0 saturated carbocycles. The summed E-state index contributed by atoms with van der Waals surface area (Å²) in [6.45, 7) is 4.04. The summed E-state index contributed by atoms with van der Waals surface area (Å²) >= 11 is 0. The van der Waals surface area contributed by atoms with E-state index in [1.165, 1.54) is 0 Å². The van der Waals surface area contributed by atoms with Gasteiger partial charge in [0.05, 0.1) is 23.5 Å². The van der Waals surface area contributed by atoms with E-state index in [2.05, 4.69) is 5.32 Å². The summed E-state index contributed by atoms with van der Waals surface area (Å²) in [5.74, 6) is 0.212. The number of esters is 1. The maximum absolute atomic E-state index is 11.9. The van der Waals surface area contributed by atoms with Crippen LogP contribution in [0.15, 0.2) is 18.2 Å². The number of benzene rings is 1. The van der Waals surface area contributed by atoms with Gasteiger partial charge in [-0.05, 0) is 32.4 Å². The highest BCUT2D eigenvalue weighted by molar-refractivity contribution is 7.84. The zero-order chi connectivity index (χ0) is 15.1. The van der Waals surface area contributed by atoms with Crippen molar-refractivity contribution < 1.29 is 13.7 Å². The predicted octanol–water partition coefficient (Wildman–Crippen LogP) is 2.01. The van der Waals surface area contributed by atoms with Gasteiger partial charge in [-0.3, -0.25) is 4.21 Å². The lowest BCUT2D eigenvalue weighted by Gasteiger charge is -2.19. The molecule has 20 heavy (non-hydrogen) atoms. The molecule has 0 bridgehead atoms. The van der Waals surface area contributed by atoms with E-state index in [1.54, 1.807) is 31.4 Å². The molecule has 1 rings (SSSR count). The maximum Gasteiger partial charge on any atom is 0.340 e. The molecular formula is C14H22N2O3S. The van der Waals surface area contributed by atoms with Gasteiger partial charge in [-0.2, -0.15) is 0 Å². The van der Waals surface area contributed by atoms with E-state index < -0.39 is 16.8 Å². The van der Waals surface area contributed by atoms with Crippen molar-refractivity contribution in [2.24, 2.45) is 0 Å². The second kappa shape index (κ2) is 7.89. The Morgan fingerprint density at radius 2 is 2.20 bits per heavy atom. The van der Waals surface area contributed by atoms with Crippen LogP contribution >= 0.6 is 0 Å². The number of carbonyl (C=O) groups excluding carboxylic acids is 1. The number of carbonyl (C=O) groups is 1. The fraction of sp³-hybridized carbons (Fsp3) is 0.500. The summed E-state index contributed by atoms with van der Waals surface area (Å²) in [5.41, 5.74) is 7.44. The Morgan fingerprint density at radius 1 is 1.50 bits per heavy atom. The Hall–Kier alpha value is -1.56. The van der Waals surface area contributed by atoms with Crippen molar-refractivity contribution in [1.82, 2.24) is 0 Å². The molecule has 1 aromatic carbocycles. The molecule has 0 aliphatic heterocycles. The molecule has 6 heteroatoms. The summed E-state index contributed by atoms with van der Waals surface area (Å²) in [7, 11) is -0.830. The van der Waals surface area contributed by atoms with E-state index in [9.17, 15) is 9.00 Å². The monoisotopic (exact) mass is 298 g/mol. The highest BCUT2D eigenvalue weighted by Crippen LogP contribution is 2.25. The van der Waals surface area contributed by atoms with Gasteiger partial charge < -0.3 is 15.8 Å². The third-order valence-electron chi connectivity index (χ3n) is 2.82. The van der Waals surface area contributed by atoms with Crippen LogP contribution in [-0.4, -0.2) is 34.8 Å². The predicted molar refractivity (Wildman–Crippen MR) is 83.4 cm³/mol. The van der Waals surface area contributed by atoms with Gasteiger partial charge in [0.1, 0.15) is 0 Å². The Kier molecular flexibility index (Phi) is 6.51. The molecule has 0 radical (unpaired) electrons.